The monoisotopic (exact) mass is 420 g/mol. The highest BCUT2D eigenvalue weighted by atomic mass is 32.2. The van der Waals surface area contributed by atoms with Crippen LogP contribution in [0.3, 0.4) is 0 Å². The second-order valence-corrected chi connectivity index (χ2v) is 8.81. The molecule has 0 saturated carbocycles. The molecule has 1 aliphatic carbocycles. The van der Waals surface area contributed by atoms with E-state index >= 15 is 0 Å². The van der Waals surface area contributed by atoms with Crippen molar-refractivity contribution in [2.75, 3.05) is 0 Å². The number of rotatable bonds is 1. The first kappa shape index (κ1) is 19.8. The fourth-order valence-electron chi connectivity index (χ4n) is 3.95. The van der Waals surface area contributed by atoms with Gasteiger partial charge in [0.15, 0.2) is 0 Å². The molecule has 3 aromatic carbocycles. The molecule has 2 aliphatic rings. The van der Waals surface area contributed by atoms with Crippen LogP contribution in [0.25, 0.3) is 0 Å². The number of nitrogens with one attached hydrogen (secondary N) is 1. The minimum absolute atomic E-state index is 0.0648. The summed E-state index contributed by atoms with van der Waals surface area (Å²) >= 11 is 0. The Morgan fingerprint density at radius 1 is 0.833 bits per heavy atom. The van der Waals surface area contributed by atoms with Gasteiger partial charge in [-0.3, -0.25) is 9.59 Å². The number of nitrogens with two attached hydrogens (primary N) is 1. The van der Waals surface area contributed by atoms with Crippen molar-refractivity contribution in [2.24, 2.45) is 5.73 Å². The predicted molar refractivity (Wildman–Crippen MR) is 112 cm³/mol. The summed E-state index contributed by atoms with van der Waals surface area (Å²) in [4.78, 5) is 22.9. The number of sulfonamides is 1. The van der Waals surface area contributed by atoms with Gasteiger partial charge in [0.2, 0.25) is 5.91 Å². The standard InChI is InChI=1S/C16H15NO.C7H5NO3S/c17-16(18)15-13-7-3-1-5-11(13)9-10-12-6-2-4-8-14(12)15;9-7-5-3-1-2-4-6(5)12(10,11)8-7/h1-8,15H,9-10H2,(H2,17,18);1-4H,(H,8,9). The summed E-state index contributed by atoms with van der Waals surface area (Å²) in [6.45, 7) is 0. The lowest BCUT2D eigenvalue weighted by molar-refractivity contribution is -0.118. The largest absolute Gasteiger partial charge is 0.369 e. The fraction of sp³-hybridized carbons (Fsp3) is 0.130. The number of aryl methyl sites for hydroxylation is 2. The Labute approximate surface area is 174 Å². The van der Waals surface area contributed by atoms with Crippen LogP contribution in [-0.4, -0.2) is 20.2 Å². The highest BCUT2D eigenvalue weighted by Crippen LogP contribution is 2.33. The molecular weight excluding hydrogens is 400 g/mol. The van der Waals surface area contributed by atoms with Crippen molar-refractivity contribution in [1.82, 2.24) is 4.72 Å². The van der Waals surface area contributed by atoms with Gasteiger partial charge in [-0.2, -0.15) is 0 Å². The molecule has 7 heteroatoms. The van der Waals surface area contributed by atoms with Gasteiger partial charge in [0.1, 0.15) is 4.90 Å². The van der Waals surface area contributed by atoms with Crippen molar-refractivity contribution in [1.29, 1.82) is 0 Å². The predicted octanol–water partition coefficient (Wildman–Crippen LogP) is 2.52. The molecule has 30 heavy (non-hydrogen) atoms. The molecule has 6 nitrogen and oxygen atoms in total. The molecule has 0 bridgehead atoms. The minimum atomic E-state index is -3.55. The third-order valence-corrected chi connectivity index (χ3v) is 6.72. The molecule has 0 spiro atoms. The van der Waals surface area contributed by atoms with Crippen molar-refractivity contribution in [3.05, 3.63) is 101 Å². The van der Waals surface area contributed by atoms with E-state index in [4.69, 9.17) is 5.73 Å². The van der Waals surface area contributed by atoms with Crippen LogP contribution in [-0.2, 0) is 27.7 Å². The summed E-state index contributed by atoms with van der Waals surface area (Å²) < 4.78 is 24.2. The number of hydrogen-bond donors (Lipinski definition) is 2. The molecule has 1 heterocycles. The van der Waals surface area contributed by atoms with Crippen molar-refractivity contribution in [3.8, 4) is 0 Å². The quantitative estimate of drug-likeness (QED) is 0.631. The van der Waals surface area contributed by atoms with Crippen LogP contribution < -0.4 is 10.5 Å². The van der Waals surface area contributed by atoms with Crippen LogP contribution in [0.1, 0.15) is 38.5 Å². The van der Waals surface area contributed by atoms with E-state index in [0.29, 0.717) is 0 Å². The maximum atomic E-state index is 11.9. The van der Waals surface area contributed by atoms with Crippen LogP contribution in [0.2, 0.25) is 0 Å². The molecule has 0 fully saturated rings. The third kappa shape index (κ3) is 3.59. The van der Waals surface area contributed by atoms with E-state index in [0.717, 1.165) is 24.0 Å². The molecule has 5 rings (SSSR count). The summed E-state index contributed by atoms with van der Waals surface area (Å²) in [6.07, 6.45) is 1.94. The normalized spacial score (nSPS) is 16.1. The van der Waals surface area contributed by atoms with Crippen LogP contribution in [0.15, 0.2) is 77.7 Å². The number of benzene rings is 3. The Hall–Kier alpha value is -3.45. The van der Waals surface area contributed by atoms with E-state index in [-0.39, 0.29) is 22.3 Å². The summed E-state index contributed by atoms with van der Waals surface area (Å²) in [5, 5.41) is 0. The number of carbonyl (C=O) groups is 2. The summed E-state index contributed by atoms with van der Waals surface area (Å²) in [7, 11) is -3.55. The lowest BCUT2D eigenvalue weighted by Crippen LogP contribution is -2.23. The Balaban J connectivity index is 0.000000158. The average molecular weight is 420 g/mol. The molecule has 0 unspecified atom stereocenters. The van der Waals surface area contributed by atoms with Crippen molar-refractivity contribution in [2.45, 2.75) is 23.7 Å². The van der Waals surface area contributed by atoms with Gasteiger partial charge in [-0.05, 0) is 47.2 Å². The zero-order chi connectivity index (χ0) is 21.3. The van der Waals surface area contributed by atoms with Crippen molar-refractivity contribution < 1.29 is 18.0 Å². The Morgan fingerprint density at radius 3 is 1.87 bits per heavy atom. The van der Waals surface area contributed by atoms with Gasteiger partial charge >= 0.3 is 0 Å². The van der Waals surface area contributed by atoms with E-state index < -0.39 is 15.9 Å². The van der Waals surface area contributed by atoms with E-state index in [1.54, 1.807) is 12.1 Å². The molecule has 3 aromatic rings. The second-order valence-electron chi connectivity index (χ2n) is 7.16. The SMILES string of the molecule is NC(=O)C1c2ccccc2CCc2ccccc21.O=C1NS(=O)(=O)c2ccccc21. The van der Waals surface area contributed by atoms with Gasteiger partial charge in [0.05, 0.1) is 11.5 Å². The first-order valence-electron chi connectivity index (χ1n) is 9.49. The van der Waals surface area contributed by atoms with E-state index in [9.17, 15) is 18.0 Å². The maximum Gasteiger partial charge on any atom is 0.266 e. The van der Waals surface area contributed by atoms with Gasteiger partial charge in [-0.25, -0.2) is 13.1 Å². The molecule has 0 aromatic heterocycles. The number of hydrogen-bond acceptors (Lipinski definition) is 4. The van der Waals surface area contributed by atoms with Gasteiger partial charge in [0, 0.05) is 0 Å². The lowest BCUT2D eigenvalue weighted by atomic mass is 9.88. The number of carbonyl (C=O) groups excluding carboxylic acids is 2. The van der Waals surface area contributed by atoms with Gasteiger partial charge in [-0.1, -0.05) is 60.7 Å². The molecule has 3 N–H and O–H groups in total. The first-order valence-corrected chi connectivity index (χ1v) is 11.0. The number of primary amides is 1. The Bertz CT molecular complexity index is 1200. The minimum Gasteiger partial charge on any atom is -0.369 e. The second kappa shape index (κ2) is 7.76. The molecule has 0 saturated heterocycles. The van der Waals surface area contributed by atoms with Crippen molar-refractivity contribution in [3.63, 3.8) is 0 Å². The fourth-order valence-corrected chi connectivity index (χ4v) is 5.12. The summed E-state index contributed by atoms with van der Waals surface area (Å²) in [5.41, 5.74) is 10.4. The molecule has 1 aliphatic heterocycles. The maximum absolute atomic E-state index is 11.9. The summed E-state index contributed by atoms with van der Waals surface area (Å²) in [5.74, 6) is -1.12. The van der Waals surface area contributed by atoms with Crippen LogP contribution in [0, 0.1) is 0 Å². The van der Waals surface area contributed by atoms with Crippen molar-refractivity contribution >= 4 is 21.8 Å². The Morgan fingerprint density at radius 2 is 1.33 bits per heavy atom. The third-order valence-electron chi connectivity index (χ3n) is 5.33. The van der Waals surface area contributed by atoms with Crippen LogP contribution in [0.5, 0.6) is 0 Å². The molecule has 0 atom stereocenters. The average Bonchev–Trinajstić information content (AvgIpc) is 2.88. The van der Waals surface area contributed by atoms with Gasteiger partial charge < -0.3 is 5.73 Å². The highest BCUT2D eigenvalue weighted by Gasteiger charge is 2.31. The number of fused-ring (bicyclic) bond motifs is 3. The summed E-state index contributed by atoms with van der Waals surface area (Å²) in [6, 6.07) is 22.3. The topological polar surface area (TPSA) is 106 Å². The highest BCUT2D eigenvalue weighted by molar-refractivity contribution is 7.90. The zero-order valence-electron chi connectivity index (χ0n) is 16.0. The number of amides is 2. The molecule has 152 valence electrons. The smallest absolute Gasteiger partial charge is 0.266 e. The lowest BCUT2D eigenvalue weighted by Gasteiger charge is -2.16. The van der Waals surface area contributed by atoms with Gasteiger partial charge in [0.25, 0.3) is 15.9 Å². The van der Waals surface area contributed by atoms with Gasteiger partial charge in [-0.15, -0.1) is 0 Å². The molecule has 2 amide bonds. The Kier molecular flexibility index (Phi) is 5.13. The van der Waals surface area contributed by atoms with Crippen LogP contribution >= 0.6 is 0 Å². The molecular formula is C23H20N2O4S. The first-order chi connectivity index (χ1) is 14.4. The van der Waals surface area contributed by atoms with E-state index in [1.165, 1.54) is 23.3 Å². The zero-order valence-corrected chi connectivity index (χ0v) is 16.9. The van der Waals surface area contributed by atoms with Crippen LogP contribution in [0.4, 0.5) is 0 Å². The van der Waals surface area contributed by atoms with E-state index in [1.807, 2.05) is 41.1 Å². The molecule has 0 radical (unpaired) electrons. The van der Waals surface area contributed by atoms with E-state index in [2.05, 4.69) is 12.1 Å².